The lowest BCUT2D eigenvalue weighted by Gasteiger charge is -2.18. The summed E-state index contributed by atoms with van der Waals surface area (Å²) in [6, 6.07) is 6.29. The van der Waals surface area contributed by atoms with Gasteiger partial charge in [0.25, 0.3) is 0 Å². The first kappa shape index (κ1) is 11.4. The molecule has 0 amide bonds. The minimum atomic E-state index is 0.396. The smallest absolute Gasteiger partial charge is 0.115 e. The third-order valence-electron chi connectivity index (χ3n) is 4.12. The molecule has 0 aromatic heterocycles. The van der Waals surface area contributed by atoms with Gasteiger partial charge < -0.3 is 10.4 Å². The lowest BCUT2D eigenvalue weighted by molar-refractivity contribution is 0.474. The van der Waals surface area contributed by atoms with Gasteiger partial charge in [-0.3, -0.25) is 0 Å². The van der Waals surface area contributed by atoms with Crippen molar-refractivity contribution in [1.82, 2.24) is 5.32 Å². The third-order valence-corrected chi connectivity index (χ3v) is 5.53. The van der Waals surface area contributed by atoms with E-state index in [9.17, 15) is 5.11 Å². The van der Waals surface area contributed by atoms with Crippen LogP contribution in [-0.2, 0) is 6.42 Å². The summed E-state index contributed by atoms with van der Waals surface area (Å²) in [6.45, 7) is 1.12. The minimum absolute atomic E-state index is 0.396. The molecular weight excluding hydrogens is 230 g/mol. The number of phenols is 1. The molecule has 0 heterocycles. The lowest BCUT2D eigenvalue weighted by atomic mass is 10.1. The summed E-state index contributed by atoms with van der Waals surface area (Å²) in [4.78, 5) is 0. The highest BCUT2D eigenvalue weighted by Gasteiger charge is 2.42. The zero-order valence-corrected chi connectivity index (χ0v) is 11.0. The number of thioether (sulfide) groups is 1. The molecule has 2 aliphatic carbocycles. The van der Waals surface area contributed by atoms with Crippen LogP contribution in [0, 0.1) is 0 Å². The molecule has 3 rings (SSSR count). The Labute approximate surface area is 107 Å². The molecule has 2 N–H and O–H groups in total. The fraction of sp³-hybridized carbons (Fsp3) is 0.571. The van der Waals surface area contributed by atoms with E-state index in [0.29, 0.717) is 16.5 Å². The van der Waals surface area contributed by atoms with E-state index in [4.69, 9.17) is 0 Å². The van der Waals surface area contributed by atoms with Gasteiger partial charge in [0.2, 0.25) is 0 Å². The van der Waals surface area contributed by atoms with Crippen LogP contribution in [0.15, 0.2) is 18.2 Å². The first-order valence-electron chi connectivity index (χ1n) is 6.33. The molecule has 0 saturated heterocycles. The Hall–Kier alpha value is -0.670. The molecule has 0 bridgehead atoms. The fourth-order valence-corrected chi connectivity index (χ4v) is 3.46. The zero-order chi connectivity index (χ0) is 11.9. The van der Waals surface area contributed by atoms with E-state index in [1.54, 1.807) is 6.07 Å². The Morgan fingerprint density at radius 2 is 2.29 bits per heavy atom. The predicted molar refractivity (Wildman–Crippen MR) is 72.7 cm³/mol. The Kier molecular flexibility index (Phi) is 2.83. The monoisotopic (exact) mass is 249 g/mol. The van der Waals surface area contributed by atoms with Crippen molar-refractivity contribution in [3.05, 3.63) is 29.3 Å². The van der Waals surface area contributed by atoms with Crippen molar-refractivity contribution in [2.24, 2.45) is 0 Å². The molecule has 1 fully saturated rings. The summed E-state index contributed by atoms with van der Waals surface area (Å²) in [5.74, 6) is 0.396. The number of benzene rings is 1. The number of fused-ring (bicyclic) bond motifs is 1. The van der Waals surface area contributed by atoms with E-state index in [1.165, 1.54) is 30.4 Å². The summed E-state index contributed by atoms with van der Waals surface area (Å²) in [5.41, 5.74) is 2.70. The van der Waals surface area contributed by atoms with Crippen molar-refractivity contribution < 1.29 is 5.11 Å². The second-order valence-corrected chi connectivity index (χ2v) is 6.52. The minimum Gasteiger partial charge on any atom is -0.508 e. The lowest BCUT2D eigenvalue weighted by Crippen LogP contribution is -2.28. The Balaban J connectivity index is 1.67. The number of hydrogen-bond donors (Lipinski definition) is 2. The maximum Gasteiger partial charge on any atom is 0.115 e. The summed E-state index contributed by atoms with van der Waals surface area (Å²) in [7, 11) is 0. The van der Waals surface area contributed by atoms with Gasteiger partial charge in [0, 0.05) is 17.3 Å². The van der Waals surface area contributed by atoms with Gasteiger partial charge in [-0.15, -0.1) is 0 Å². The summed E-state index contributed by atoms with van der Waals surface area (Å²) < 4.78 is 0.527. The molecule has 1 saturated carbocycles. The Bertz CT molecular complexity index is 428. The largest absolute Gasteiger partial charge is 0.508 e. The molecule has 1 aromatic rings. The van der Waals surface area contributed by atoms with Crippen molar-refractivity contribution in [2.75, 3.05) is 12.8 Å². The highest BCUT2D eigenvalue weighted by molar-refractivity contribution is 8.00. The van der Waals surface area contributed by atoms with E-state index >= 15 is 0 Å². The van der Waals surface area contributed by atoms with Crippen LogP contribution >= 0.6 is 11.8 Å². The Morgan fingerprint density at radius 3 is 3.00 bits per heavy atom. The topological polar surface area (TPSA) is 32.3 Å². The number of nitrogens with one attached hydrogen (secondary N) is 1. The molecule has 1 aromatic carbocycles. The first-order chi connectivity index (χ1) is 8.22. The zero-order valence-electron chi connectivity index (χ0n) is 10.2. The van der Waals surface area contributed by atoms with Gasteiger partial charge in [-0.1, -0.05) is 6.07 Å². The van der Waals surface area contributed by atoms with Crippen molar-refractivity contribution in [2.45, 2.75) is 36.5 Å². The quantitative estimate of drug-likeness (QED) is 0.860. The molecule has 2 aliphatic rings. The van der Waals surface area contributed by atoms with Gasteiger partial charge in [-0.05, 0) is 55.2 Å². The second-order valence-electron chi connectivity index (χ2n) is 5.24. The average molecular weight is 249 g/mol. The van der Waals surface area contributed by atoms with Crippen LogP contribution in [0.2, 0.25) is 0 Å². The van der Waals surface area contributed by atoms with Gasteiger partial charge in [0.05, 0.1) is 0 Å². The number of phenolic OH excluding ortho intramolecular Hbond substituents is 1. The molecule has 2 nitrogen and oxygen atoms in total. The highest BCUT2D eigenvalue weighted by Crippen LogP contribution is 2.47. The molecule has 92 valence electrons. The molecule has 1 unspecified atom stereocenters. The van der Waals surface area contributed by atoms with Crippen LogP contribution in [0.4, 0.5) is 0 Å². The van der Waals surface area contributed by atoms with Crippen LogP contribution in [-0.4, -0.2) is 22.7 Å². The second kappa shape index (κ2) is 4.21. The molecule has 0 aliphatic heterocycles. The standard InChI is InChI=1S/C14H19NOS/c1-17-14(6-7-14)9-15-13-5-2-10-8-11(16)3-4-12(10)13/h3-4,8,13,15-16H,2,5-7,9H2,1H3. The Morgan fingerprint density at radius 1 is 1.47 bits per heavy atom. The van der Waals surface area contributed by atoms with Gasteiger partial charge in [-0.25, -0.2) is 0 Å². The predicted octanol–water partition coefficient (Wildman–Crippen LogP) is 2.86. The number of aryl methyl sites for hydroxylation is 1. The third kappa shape index (κ3) is 2.18. The highest BCUT2D eigenvalue weighted by atomic mass is 32.2. The summed E-state index contributed by atoms with van der Waals surface area (Å²) in [5, 5.41) is 13.2. The molecule has 3 heteroatoms. The molecule has 17 heavy (non-hydrogen) atoms. The van der Waals surface area contributed by atoms with Crippen LogP contribution in [0.3, 0.4) is 0 Å². The average Bonchev–Trinajstić information content (AvgIpc) is 3.02. The first-order valence-corrected chi connectivity index (χ1v) is 7.55. The van der Waals surface area contributed by atoms with Crippen molar-refractivity contribution in [3.63, 3.8) is 0 Å². The van der Waals surface area contributed by atoms with Crippen LogP contribution in [0.5, 0.6) is 5.75 Å². The van der Waals surface area contributed by atoms with Crippen LogP contribution in [0.1, 0.15) is 36.4 Å². The van der Waals surface area contributed by atoms with Gasteiger partial charge in [-0.2, -0.15) is 11.8 Å². The molecule has 1 atom stereocenters. The van der Waals surface area contributed by atoms with Gasteiger partial charge in [0.1, 0.15) is 5.75 Å². The fourth-order valence-electron chi connectivity index (χ4n) is 2.72. The van der Waals surface area contributed by atoms with Crippen LogP contribution < -0.4 is 5.32 Å². The summed E-state index contributed by atoms with van der Waals surface area (Å²) >= 11 is 2.00. The van der Waals surface area contributed by atoms with Crippen molar-refractivity contribution in [3.8, 4) is 5.75 Å². The normalized spacial score (nSPS) is 24.6. The van der Waals surface area contributed by atoms with E-state index in [0.717, 1.165) is 13.0 Å². The maximum atomic E-state index is 9.47. The van der Waals surface area contributed by atoms with E-state index in [1.807, 2.05) is 17.8 Å². The molecular formula is C14H19NOS. The molecule has 0 spiro atoms. The number of rotatable bonds is 4. The van der Waals surface area contributed by atoms with Crippen LogP contribution in [0.25, 0.3) is 0 Å². The van der Waals surface area contributed by atoms with E-state index < -0.39 is 0 Å². The van der Waals surface area contributed by atoms with E-state index in [-0.39, 0.29) is 0 Å². The van der Waals surface area contributed by atoms with E-state index in [2.05, 4.69) is 17.6 Å². The molecule has 0 radical (unpaired) electrons. The number of aromatic hydroxyl groups is 1. The number of hydrogen-bond acceptors (Lipinski definition) is 3. The SMILES string of the molecule is CSC1(CNC2CCc3cc(O)ccc32)CC1. The van der Waals surface area contributed by atoms with Crippen molar-refractivity contribution >= 4 is 11.8 Å². The van der Waals surface area contributed by atoms with Crippen molar-refractivity contribution in [1.29, 1.82) is 0 Å². The van der Waals surface area contributed by atoms with Gasteiger partial charge >= 0.3 is 0 Å². The maximum absolute atomic E-state index is 9.47. The summed E-state index contributed by atoms with van der Waals surface area (Å²) in [6.07, 6.45) is 7.19. The van der Waals surface area contributed by atoms with Gasteiger partial charge in [0.15, 0.2) is 0 Å².